The summed E-state index contributed by atoms with van der Waals surface area (Å²) in [4.78, 5) is 13.3. The van der Waals surface area contributed by atoms with Crippen molar-refractivity contribution in [3.8, 4) is 27.3 Å². The first-order valence-electron chi connectivity index (χ1n) is 6.53. The molecule has 0 unspecified atom stereocenters. The van der Waals surface area contributed by atoms with E-state index in [2.05, 4.69) is 0 Å². The Hall–Kier alpha value is -1.91. The molecule has 2 aromatic carbocycles. The van der Waals surface area contributed by atoms with Crippen molar-refractivity contribution in [1.82, 2.24) is 0 Å². The van der Waals surface area contributed by atoms with Crippen LogP contribution in [0, 0.1) is 6.92 Å². The number of aryl methyl sites for hydroxylation is 1. The van der Waals surface area contributed by atoms with Crippen LogP contribution in [-0.4, -0.2) is 7.11 Å². The molecule has 0 fully saturated rings. The third-order valence-corrected chi connectivity index (χ3v) is 5.57. The first kappa shape index (κ1) is 14.0. The second-order valence-electron chi connectivity index (χ2n) is 4.75. The zero-order chi connectivity index (χ0) is 14.8. The molecule has 4 heteroatoms. The lowest BCUT2D eigenvalue weighted by Gasteiger charge is -2.05. The number of benzene rings is 2. The molecule has 21 heavy (non-hydrogen) atoms. The molecule has 0 N–H and O–H groups in total. The topological polar surface area (TPSA) is 26.3 Å². The van der Waals surface area contributed by atoms with Gasteiger partial charge in [0.05, 0.1) is 17.6 Å². The minimum atomic E-state index is 0.120. The highest BCUT2D eigenvalue weighted by Crippen LogP contribution is 2.36. The number of ether oxygens (including phenoxy) is 1. The summed E-state index contributed by atoms with van der Waals surface area (Å²) in [5.74, 6) is 0.818. The predicted octanol–water partition coefficient (Wildman–Crippen LogP) is 4.82. The van der Waals surface area contributed by atoms with Crippen LogP contribution in [0.2, 0.25) is 0 Å². The molecule has 0 atom stereocenters. The zero-order valence-electron chi connectivity index (χ0n) is 11.8. The summed E-state index contributed by atoms with van der Waals surface area (Å²) in [7, 11) is 4.47. The van der Waals surface area contributed by atoms with Gasteiger partial charge < -0.3 is 4.74 Å². The lowest BCUT2D eigenvalue weighted by atomic mass is 10.0. The van der Waals surface area contributed by atoms with E-state index in [1.54, 1.807) is 7.11 Å². The Labute approximate surface area is 130 Å². The Morgan fingerprint density at radius 1 is 0.857 bits per heavy atom. The SMILES string of the molecule is COc1ccc(-c2ssc(=O)c2-c2ccc(C)cc2)cc1. The van der Waals surface area contributed by atoms with Crippen molar-refractivity contribution in [2.24, 2.45) is 0 Å². The Balaban J connectivity index is 2.11. The Morgan fingerprint density at radius 2 is 1.48 bits per heavy atom. The molecule has 3 rings (SSSR count). The normalized spacial score (nSPS) is 10.6. The van der Waals surface area contributed by atoms with Crippen molar-refractivity contribution < 1.29 is 4.74 Å². The predicted molar refractivity (Wildman–Crippen MR) is 90.6 cm³/mol. The van der Waals surface area contributed by atoms with Gasteiger partial charge in [-0.1, -0.05) is 40.2 Å². The summed E-state index contributed by atoms with van der Waals surface area (Å²) in [5, 5.41) is 0. The van der Waals surface area contributed by atoms with E-state index in [9.17, 15) is 4.79 Å². The van der Waals surface area contributed by atoms with E-state index in [0.29, 0.717) is 0 Å². The van der Waals surface area contributed by atoms with E-state index in [1.807, 2.05) is 55.5 Å². The van der Waals surface area contributed by atoms with Gasteiger partial charge in [-0.3, -0.25) is 4.79 Å². The van der Waals surface area contributed by atoms with Crippen LogP contribution in [0.4, 0.5) is 0 Å². The molecule has 1 heterocycles. The average Bonchev–Trinajstić information content (AvgIpc) is 2.90. The summed E-state index contributed by atoms with van der Waals surface area (Å²) in [5.41, 5.74) is 4.02. The third kappa shape index (κ3) is 2.77. The van der Waals surface area contributed by atoms with Crippen LogP contribution in [0.15, 0.2) is 53.3 Å². The fourth-order valence-corrected chi connectivity index (χ4v) is 4.48. The second-order valence-corrected chi connectivity index (χ2v) is 6.87. The second kappa shape index (κ2) is 5.84. The Morgan fingerprint density at radius 3 is 2.10 bits per heavy atom. The largest absolute Gasteiger partial charge is 0.497 e. The van der Waals surface area contributed by atoms with Gasteiger partial charge in [-0.25, -0.2) is 0 Å². The first-order chi connectivity index (χ1) is 10.2. The highest BCUT2D eigenvalue weighted by atomic mass is 32.9. The van der Waals surface area contributed by atoms with Crippen LogP contribution >= 0.6 is 20.7 Å². The van der Waals surface area contributed by atoms with E-state index < -0.39 is 0 Å². The molecule has 0 radical (unpaired) electrons. The molecule has 2 nitrogen and oxygen atoms in total. The number of hydrogen-bond acceptors (Lipinski definition) is 4. The fourth-order valence-electron chi connectivity index (χ4n) is 2.16. The van der Waals surface area contributed by atoms with Crippen LogP contribution in [0.5, 0.6) is 5.75 Å². The standard InChI is InChI=1S/C17H14O2S2/c1-11-3-5-12(6-4-11)15-16(20-21-17(15)18)13-7-9-14(19-2)10-8-13/h3-10H,1-2H3. The lowest BCUT2D eigenvalue weighted by molar-refractivity contribution is 0.415. The van der Waals surface area contributed by atoms with Gasteiger partial charge in [0.25, 0.3) is 4.74 Å². The van der Waals surface area contributed by atoms with E-state index in [-0.39, 0.29) is 4.74 Å². The molecule has 106 valence electrons. The Bertz CT molecular complexity index is 796. The molecule has 0 aliphatic rings. The van der Waals surface area contributed by atoms with Crippen LogP contribution in [0.1, 0.15) is 5.56 Å². The molecular formula is C17H14O2S2. The summed E-state index contributed by atoms with van der Waals surface area (Å²) in [6.45, 7) is 2.04. The summed E-state index contributed by atoms with van der Waals surface area (Å²) < 4.78 is 5.30. The molecule has 0 amide bonds. The maximum absolute atomic E-state index is 12.2. The fraction of sp³-hybridized carbons (Fsp3) is 0.118. The van der Waals surface area contributed by atoms with Crippen molar-refractivity contribution >= 4 is 20.7 Å². The van der Waals surface area contributed by atoms with E-state index in [0.717, 1.165) is 27.3 Å². The van der Waals surface area contributed by atoms with Gasteiger partial charge in [-0.2, -0.15) is 0 Å². The third-order valence-electron chi connectivity index (χ3n) is 3.32. The van der Waals surface area contributed by atoms with Gasteiger partial charge >= 0.3 is 0 Å². The maximum atomic E-state index is 12.2. The van der Waals surface area contributed by atoms with Crippen molar-refractivity contribution in [2.75, 3.05) is 7.11 Å². The highest BCUT2D eigenvalue weighted by molar-refractivity contribution is 7.70. The lowest BCUT2D eigenvalue weighted by Crippen LogP contribution is -1.95. The first-order valence-corrected chi connectivity index (χ1v) is 8.68. The zero-order valence-corrected chi connectivity index (χ0v) is 13.4. The van der Waals surface area contributed by atoms with Crippen molar-refractivity contribution in [3.05, 3.63) is 63.6 Å². The quantitative estimate of drug-likeness (QED) is 0.648. The molecule has 1 aromatic heterocycles. The minimum Gasteiger partial charge on any atom is -0.497 e. The average molecular weight is 314 g/mol. The van der Waals surface area contributed by atoms with E-state index in [4.69, 9.17) is 4.74 Å². The van der Waals surface area contributed by atoms with Gasteiger partial charge in [-0.15, -0.1) is 0 Å². The Kier molecular flexibility index (Phi) is 3.90. The molecular weight excluding hydrogens is 300 g/mol. The molecule has 0 aliphatic carbocycles. The van der Waals surface area contributed by atoms with Gasteiger partial charge in [0, 0.05) is 0 Å². The smallest absolute Gasteiger partial charge is 0.251 e. The van der Waals surface area contributed by atoms with Gasteiger partial charge in [0.15, 0.2) is 0 Å². The van der Waals surface area contributed by atoms with Crippen LogP contribution in [-0.2, 0) is 0 Å². The monoisotopic (exact) mass is 314 g/mol. The van der Waals surface area contributed by atoms with E-state index in [1.165, 1.54) is 26.2 Å². The van der Waals surface area contributed by atoms with Crippen molar-refractivity contribution in [2.45, 2.75) is 6.92 Å². The number of rotatable bonds is 3. The number of hydrogen-bond donors (Lipinski definition) is 0. The maximum Gasteiger partial charge on any atom is 0.251 e. The van der Waals surface area contributed by atoms with Crippen molar-refractivity contribution in [1.29, 1.82) is 0 Å². The molecule has 0 saturated carbocycles. The highest BCUT2D eigenvalue weighted by Gasteiger charge is 2.14. The number of methoxy groups -OCH3 is 1. The van der Waals surface area contributed by atoms with Crippen molar-refractivity contribution in [3.63, 3.8) is 0 Å². The summed E-state index contributed by atoms with van der Waals surface area (Å²) in [6.07, 6.45) is 0. The molecule has 3 aromatic rings. The van der Waals surface area contributed by atoms with Gasteiger partial charge in [0.2, 0.25) is 0 Å². The molecule has 0 saturated heterocycles. The summed E-state index contributed by atoms with van der Waals surface area (Å²) in [6, 6.07) is 15.9. The molecule has 0 aliphatic heterocycles. The molecule has 0 bridgehead atoms. The van der Waals surface area contributed by atoms with Gasteiger partial charge in [-0.05, 0) is 52.7 Å². The van der Waals surface area contributed by atoms with Crippen LogP contribution < -0.4 is 9.48 Å². The van der Waals surface area contributed by atoms with Crippen LogP contribution in [0.25, 0.3) is 21.6 Å². The van der Waals surface area contributed by atoms with E-state index >= 15 is 0 Å². The summed E-state index contributed by atoms with van der Waals surface area (Å²) >= 11 is 0. The van der Waals surface area contributed by atoms with Gasteiger partial charge in [0.1, 0.15) is 5.75 Å². The molecule has 0 spiro atoms. The minimum absolute atomic E-state index is 0.120. The van der Waals surface area contributed by atoms with Crippen LogP contribution in [0.3, 0.4) is 0 Å².